The van der Waals surface area contributed by atoms with Gasteiger partial charge < -0.3 is 15.3 Å². The van der Waals surface area contributed by atoms with Crippen molar-refractivity contribution < 1.29 is 15.3 Å². The summed E-state index contributed by atoms with van der Waals surface area (Å²) in [7, 11) is 0. The number of allylic oxidation sites excluding steroid dienone is 1. The Kier molecular flexibility index (Phi) is 2.44. The lowest BCUT2D eigenvalue weighted by Gasteiger charge is -2.11. The van der Waals surface area contributed by atoms with Gasteiger partial charge in [0.2, 0.25) is 0 Å². The Hall–Kier alpha value is -2.16. The number of phenols is 3. The number of hydrogen-bond acceptors (Lipinski definition) is 3. The number of aromatic hydroxyl groups is 3. The van der Waals surface area contributed by atoms with Gasteiger partial charge in [0.1, 0.15) is 5.75 Å². The van der Waals surface area contributed by atoms with E-state index in [1.165, 1.54) is 0 Å². The summed E-state index contributed by atoms with van der Waals surface area (Å²) in [4.78, 5) is 0. The molecule has 0 aliphatic rings. The molecule has 0 aromatic heterocycles. The van der Waals surface area contributed by atoms with Crippen LogP contribution in [0.25, 0.3) is 10.8 Å². The van der Waals surface area contributed by atoms with Gasteiger partial charge in [0.05, 0.1) is 0 Å². The summed E-state index contributed by atoms with van der Waals surface area (Å²) in [5, 5.41) is 30.5. The Morgan fingerprint density at radius 1 is 0.938 bits per heavy atom. The molecule has 0 heterocycles. The normalized spacial score (nSPS) is 10.5. The summed E-state index contributed by atoms with van der Waals surface area (Å²) >= 11 is 0. The van der Waals surface area contributed by atoms with Crippen molar-refractivity contribution in [1.82, 2.24) is 0 Å². The standard InChI is InChI=1S/C13H12O3/c1-2-5-10-11(14)8-6-3-4-7-9(8)12(15)13(10)16/h2-4,6-7,14-16H,1,5H2. The third-order valence-corrected chi connectivity index (χ3v) is 2.58. The lowest BCUT2D eigenvalue weighted by atomic mass is 10.0. The molecule has 0 radical (unpaired) electrons. The van der Waals surface area contributed by atoms with E-state index in [1.54, 1.807) is 30.3 Å². The van der Waals surface area contributed by atoms with Gasteiger partial charge in [0.15, 0.2) is 11.5 Å². The van der Waals surface area contributed by atoms with Crippen LogP contribution in [0.15, 0.2) is 36.9 Å². The summed E-state index contributed by atoms with van der Waals surface area (Å²) < 4.78 is 0. The second-order valence-electron chi connectivity index (χ2n) is 3.56. The molecular weight excluding hydrogens is 204 g/mol. The van der Waals surface area contributed by atoms with E-state index in [0.717, 1.165) is 0 Å². The van der Waals surface area contributed by atoms with Crippen LogP contribution in [0, 0.1) is 0 Å². The van der Waals surface area contributed by atoms with Gasteiger partial charge in [-0.05, 0) is 6.42 Å². The van der Waals surface area contributed by atoms with Gasteiger partial charge in [0.25, 0.3) is 0 Å². The smallest absolute Gasteiger partial charge is 0.166 e. The number of phenolic OH excluding ortho intramolecular Hbond substituents is 3. The van der Waals surface area contributed by atoms with Crippen LogP contribution in [0.5, 0.6) is 17.2 Å². The quantitative estimate of drug-likeness (QED) is 0.411. The van der Waals surface area contributed by atoms with Gasteiger partial charge in [-0.1, -0.05) is 30.3 Å². The van der Waals surface area contributed by atoms with Gasteiger partial charge in [-0.25, -0.2) is 0 Å². The first kappa shape index (κ1) is 10.4. The molecular formula is C13H12O3. The molecule has 0 saturated carbocycles. The van der Waals surface area contributed by atoms with E-state index in [4.69, 9.17) is 0 Å². The van der Waals surface area contributed by atoms with Gasteiger partial charge in [0, 0.05) is 16.3 Å². The maximum atomic E-state index is 9.97. The molecule has 2 rings (SSSR count). The van der Waals surface area contributed by atoms with Crippen molar-refractivity contribution in [2.24, 2.45) is 0 Å². The lowest BCUT2D eigenvalue weighted by Crippen LogP contribution is -1.87. The molecule has 2 aromatic rings. The summed E-state index contributed by atoms with van der Waals surface area (Å²) in [5.74, 6) is -0.493. The van der Waals surface area contributed by atoms with Crippen LogP contribution in [0.4, 0.5) is 0 Å². The average Bonchev–Trinajstić information content (AvgIpc) is 2.32. The van der Waals surface area contributed by atoms with Crippen LogP contribution in [-0.4, -0.2) is 15.3 Å². The summed E-state index contributed by atoms with van der Waals surface area (Å²) in [6.45, 7) is 3.54. The summed E-state index contributed by atoms with van der Waals surface area (Å²) in [5.41, 5.74) is 0.297. The highest BCUT2D eigenvalue weighted by Gasteiger charge is 2.16. The van der Waals surface area contributed by atoms with Crippen molar-refractivity contribution in [2.75, 3.05) is 0 Å². The molecule has 0 spiro atoms. The molecule has 0 saturated heterocycles. The van der Waals surface area contributed by atoms with Crippen LogP contribution in [-0.2, 0) is 6.42 Å². The minimum Gasteiger partial charge on any atom is -0.507 e. The Balaban J connectivity index is 2.88. The van der Waals surface area contributed by atoms with Gasteiger partial charge >= 0.3 is 0 Å². The maximum absolute atomic E-state index is 9.97. The maximum Gasteiger partial charge on any atom is 0.166 e. The molecule has 0 aliphatic carbocycles. The SMILES string of the molecule is C=CCc1c(O)c(O)c2ccccc2c1O. The van der Waals surface area contributed by atoms with Crippen molar-refractivity contribution in [3.05, 3.63) is 42.5 Å². The highest BCUT2D eigenvalue weighted by atomic mass is 16.3. The first-order valence-corrected chi connectivity index (χ1v) is 4.92. The Morgan fingerprint density at radius 3 is 2.06 bits per heavy atom. The highest BCUT2D eigenvalue weighted by Crippen LogP contribution is 2.43. The van der Waals surface area contributed by atoms with Gasteiger partial charge in [-0.3, -0.25) is 0 Å². The third kappa shape index (κ3) is 1.37. The molecule has 0 unspecified atom stereocenters. The van der Waals surface area contributed by atoms with Crippen molar-refractivity contribution in [1.29, 1.82) is 0 Å². The molecule has 0 aliphatic heterocycles. The van der Waals surface area contributed by atoms with Crippen molar-refractivity contribution >= 4 is 10.8 Å². The first-order chi connectivity index (χ1) is 7.66. The molecule has 16 heavy (non-hydrogen) atoms. The largest absolute Gasteiger partial charge is 0.507 e. The zero-order valence-corrected chi connectivity index (χ0v) is 8.64. The third-order valence-electron chi connectivity index (χ3n) is 2.58. The summed E-state index contributed by atoms with van der Waals surface area (Å²) in [6.07, 6.45) is 1.86. The highest BCUT2D eigenvalue weighted by molar-refractivity contribution is 5.96. The molecule has 3 N–H and O–H groups in total. The second-order valence-corrected chi connectivity index (χ2v) is 3.56. The van der Waals surface area contributed by atoms with E-state index >= 15 is 0 Å². The van der Waals surface area contributed by atoms with Crippen LogP contribution >= 0.6 is 0 Å². The Labute approximate surface area is 92.9 Å². The lowest BCUT2D eigenvalue weighted by molar-refractivity contribution is 0.397. The van der Waals surface area contributed by atoms with Crippen molar-refractivity contribution in [3.63, 3.8) is 0 Å². The molecule has 0 bridgehead atoms. The molecule has 0 atom stereocenters. The molecule has 2 aromatic carbocycles. The van der Waals surface area contributed by atoms with E-state index in [9.17, 15) is 15.3 Å². The zero-order valence-electron chi connectivity index (χ0n) is 8.64. The van der Waals surface area contributed by atoms with Crippen LogP contribution in [0.1, 0.15) is 5.56 Å². The molecule has 3 nitrogen and oxygen atoms in total. The Bertz CT molecular complexity index is 559. The molecule has 0 amide bonds. The van der Waals surface area contributed by atoms with E-state index in [1.807, 2.05) is 0 Å². The Morgan fingerprint density at radius 2 is 1.50 bits per heavy atom. The van der Waals surface area contributed by atoms with E-state index < -0.39 is 0 Å². The number of rotatable bonds is 2. The van der Waals surface area contributed by atoms with Crippen molar-refractivity contribution in [3.8, 4) is 17.2 Å². The second kappa shape index (κ2) is 3.77. The minimum absolute atomic E-state index is 0.00852. The molecule has 0 fully saturated rings. The first-order valence-electron chi connectivity index (χ1n) is 4.92. The van der Waals surface area contributed by atoms with Crippen LogP contribution < -0.4 is 0 Å². The predicted octanol–water partition coefficient (Wildman–Crippen LogP) is 2.69. The van der Waals surface area contributed by atoms with E-state index in [0.29, 0.717) is 22.8 Å². The summed E-state index contributed by atoms with van der Waals surface area (Å²) in [6, 6.07) is 6.82. The van der Waals surface area contributed by atoms with E-state index in [-0.39, 0.29) is 17.2 Å². The molecule has 82 valence electrons. The fourth-order valence-corrected chi connectivity index (χ4v) is 1.78. The fraction of sp³-hybridized carbons (Fsp3) is 0.0769. The number of fused-ring (bicyclic) bond motifs is 1. The fourth-order valence-electron chi connectivity index (χ4n) is 1.78. The van der Waals surface area contributed by atoms with Crippen LogP contribution in [0.2, 0.25) is 0 Å². The monoisotopic (exact) mass is 216 g/mol. The predicted molar refractivity (Wildman–Crippen MR) is 62.8 cm³/mol. The van der Waals surface area contributed by atoms with Gasteiger partial charge in [-0.15, -0.1) is 6.58 Å². The zero-order chi connectivity index (χ0) is 11.7. The van der Waals surface area contributed by atoms with E-state index in [2.05, 4.69) is 6.58 Å². The minimum atomic E-state index is -0.281. The van der Waals surface area contributed by atoms with Gasteiger partial charge in [-0.2, -0.15) is 0 Å². The number of hydrogen-bond donors (Lipinski definition) is 3. The number of benzene rings is 2. The topological polar surface area (TPSA) is 60.7 Å². The average molecular weight is 216 g/mol. The van der Waals surface area contributed by atoms with Crippen LogP contribution in [0.3, 0.4) is 0 Å². The van der Waals surface area contributed by atoms with Crippen molar-refractivity contribution in [2.45, 2.75) is 6.42 Å². The molecule has 3 heteroatoms.